The summed E-state index contributed by atoms with van der Waals surface area (Å²) in [5.74, 6) is -0.0222. The topological polar surface area (TPSA) is 41.1 Å². The van der Waals surface area contributed by atoms with E-state index in [4.69, 9.17) is 0 Å². The number of benzene rings is 1. The highest BCUT2D eigenvalue weighted by Gasteiger charge is 2.07. The summed E-state index contributed by atoms with van der Waals surface area (Å²) in [7, 11) is 1.75. The average Bonchev–Trinajstić information content (AvgIpc) is 2.11. The zero-order valence-corrected chi connectivity index (χ0v) is 10.7. The molecule has 15 heavy (non-hydrogen) atoms. The molecule has 0 radical (unpaired) electrons. The maximum atomic E-state index is 11.4. The van der Waals surface area contributed by atoms with E-state index >= 15 is 0 Å². The lowest BCUT2D eigenvalue weighted by atomic mass is 10.1. The Kier molecular flexibility index (Phi) is 4.29. The second kappa shape index (κ2) is 5.28. The Morgan fingerprint density at radius 1 is 1.33 bits per heavy atom. The first-order chi connectivity index (χ1) is 7.04. The van der Waals surface area contributed by atoms with E-state index in [2.05, 4.69) is 26.6 Å². The first kappa shape index (κ1) is 12.2. The Hall–Kier alpha value is -0.870. The molecule has 3 nitrogen and oxygen atoms in total. The highest BCUT2D eigenvalue weighted by molar-refractivity contribution is 9.10. The lowest BCUT2D eigenvalue weighted by Gasteiger charge is -2.12. The van der Waals surface area contributed by atoms with Crippen LogP contribution in [-0.2, 0) is 4.79 Å². The van der Waals surface area contributed by atoms with Crippen LogP contribution < -0.4 is 10.6 Å². The maximum Gasteiger partial charge on any atom is 0.238 e. The van der Waals surface area contributed by atoms with E-state index in [-0.39, 0.29) is 5.91 Å². The fourth-order valence-electron chi connectivity index (χ4n) is 1.45. The summed E-state index contributed by atoms with van der Waals surface area (Å²) in [5, 5.41) is 5.70. The third-order valence-corrected chi connectivity index (χ3v) is 2.56. The van der Waals surface area contributed by atoms with Crippen molar-refractivity contribution in [3.8, 4) is 0 Å². The molecule has 0 aliphatic carbocycles. The van der Waals surface area contributed by atoms with Crippen molar-refractivity contribution < 1.29 is 4.79 Å². The van der Waals surface area contributed by atoms with Crippen molar-refractivity contribution in [3.05, 3.63) is 27.7 Å². The van der Waals surface area contributed by atoms with Gasteiger partial charge in [-0.15, -0.1) is 0 Å². The van der Waals surface area contributed by atoms with E-state index in [1.165, 1.54) is 0 Å². The molecule has 0 spiro atoms. The predicted molar refractivity (Wildman–Crippen MR) is 66.2 cm³/mol. The van der Waals surface area contributed by atoms with E-state index in [0.717, 1.165) is 21.3 Å². The Morgan fingerprint density at radius 3 is 2.33 bits per heavy atom. The SMILES string of the molecule is CNCC(=O)Nc1c(C)cc(Br)cc1C. The summed E-state index contributed by atoms with van der Waals surface area (Å²) in [6.45, 7) is 4.29. The molecule has 0 aromatic heterocycles. The van der Waals surface area contributed by atoms with Crippen molar-refractivity contribution in [2.75, 3.05) is 18.9 Å². The van der Waals surface area contributed by atoms with Gasteiger partial charge < -0.3 is 10.6 Å². The van der Waals surface area contributed by atoms with E-state index in [0.29, 0.717) is 6.54 Å². The normalized spacial score (nSPS) is 10.1. The van der Waals surface area contributed by atoms with Gasteiger partial charge in [-0.05, 0) is 44.2 Å². The molecule has 0 aliphatic heterocycles. The molecular formula is C11H15BrN2O. The molecule has 4 heteroatoms. The van der Waals surface area contributed by atoms with Crippen LogP contribution in [0, 0.1) is 13.8 Å². The molecule has 0 bridgehead atoms. The lowest BCUT2D eigenvalue weighted by Crippen LogP contribution is -2.25. The number of carbonyl (C=O) groups is 1. The van der Waals surface area contributed by atoms with Crippen LogP contribution in [0.15, 0.2) is 16.6 Å². The van der Waals surface area contributed by atoms with Gasteiger partial charge in [-0.1, -0.05) is 15.9 Å². The number of rotatable bonds is 3. The molecule has 0 unspecified atom stereocenters. The van der Waals surface area contributed by atoms with Crippen molar-refractivity contribution in [2.45, 2.75) is 13.8 Å². The average molecular weight is 271 g/mol. The summed E-state index contributed by atoms with van der Waals surface area (Å²) in [4.78, 5) is 11.4. The van der Waals surface area contributed by atoms with Gasteiger partial charge in [0.2, 0.25) is 5.91 Å². The zero-order chi connectivity index (χ0) is 11.4. The van der Waals surface area contributed by atoms with Crippen LogP contribution >= 0.6 is 15.9 Å². The number of hydrogen-bond acceptors (Lipinski definition) is 2. The van der Waals surface area contributed by atoms with Crippen molar-refractivity contribution in [1.29, 1.82) is 0 Å². The number of nitrogens with one attached hydrogen (secondary N) is 2. The van der Waals surface area contributed by atoms with Crippen LogP contribution in [0.1, 0.15) is 11.1 Å². The van der Waals surface area contributed by atoms with Gasteiger partial charge in [-0.3, -0.25) is 4.79 Å². The molecule has 1 rings (SSSR count). The minimum atomic E-state index is -0.0222. The largest absolute Gasteiger partial charge is 0.324 e. The Morgan fingerprint density at radius 2 is 1.87 bits per heavy atom. The molecule has 0 saturated heterocycles. The molecule has 0 atom stereocenters. The monoisotopic (exact) mass is 270 g/mol. The Labute approximate surface area is 98.4 Å². The third kappa shape index (κ3) is 3.32. The number of anilines is 1. The molecular weight excluding hydrogens is 256 g/mol. The van der Waals surface area contributed by atoms with Crippen molar-refractivity contribution >= 4 is 27.5 Å². The van der Waals surface area contributed by atoms with Crippen LogP contribution in [0.3, 0.4) is 0 Å². The maximum absolute atomic E-state index is 11.4. The number of carbonyl (C=O) groups excluding carboxylic acids is 1. The minimum Gasteiger partial charge on any atom is -0.324 e. The van der Waals surface area contributed by atoms with Crippen LogP contribution in [-0.4, -0.2) is 19.5 Å². The minimum absolute atomic E-state index is 0.0222. The second-order valence-electron chi connectivity index (χ2n) is 3.49. The second-order valence-corrected chi connectivity index (χ2v) is 4.41. The standard InChI is InChI=1S/C11H15BrN2O/c1-7-4-9(12)5-8(2)11(7)14-10(15)6-13-3/h4-5,13H,6H2,1-3H3,(H,14,15). The van der Waals surface area contributed by atoms with Gasteiger partial charge in [0.15, 0.2) is 0 Å². The fourth-order valence-corrected chi connectivity index (χ4v) is 2.14. The number of aryl methyl sites for hydroxylation is 2. The van der Waals surface area contributed by atoms with Gasteiger partial charge in [0.1, 0.15) is 0 Å². The molecule has 82 valence electrons. The molecule has 1 aromatic carbocycles. The first-order valence-electron chi connectivity index (χ1n) is 4.75. The highest BCUT2D eigenvalue weighted by atomic mass is 79.9. The lowest BCUT2D eigenvalue weighted by molar-refractivity contribution is -0.115. The van der Waals surface area contributed by atoms with Gasteiger partial charge in [0, 0.05) is 10.2 Å². The summed E-state index contributed by atoms with van der Waals surface area (Å²) < 4.78 is 1.03. The highest BCUT2D eigenvalue weighted by Crippen LogP contribution is 2.24. The Bertz CT molecular complexity index is 354. The number of hydrogen-bond donors (Lipinski definition) is 2. The van der Waals surface area contributed by atoms with Gasteiger partial charge in [0.25, 0.3) is 0 Å². The first-order valence-corrected chi connectivity index (χ1v) is 5.55. The number of likely N-dealkylation sites (N-methyl/N-ethyl adjacent to an activating group) is 1. The van der Waals surface area contributed by atoms with Gasteiger partial charge in [-0.2, -0.15) is 0 Å². The van der Waals surface area contributed by atoms with Crippen molar-refractivity contribution in [2.24, 2.45) is 0 Å². The van der Waals surface area contributed by atoms with E-state index in [1.807, 2.05) is 26.0 Å². The molecule has 0 aliphatic rings. The van der Waals surface area contributed by atoms with Gasteiger partial charge in [0.05, 0.1) is 6.54 Å². The van der Waals surface area contributed by atoms with Crippen LogP contribution in [0.5, 0.6) is 0 Å². The van der Waals surface area contributed by atoms with Crippen LogP contribution in [0.25, 0.3) is 0 Å². The molecule has 2 N–H and O–H groups in total. The van der Waals surface area contributed by atoms with E-state index in [9.17, 15) is 4.79 Å². The quantitative estimate of drug-likeness (QED) is 0.885. The summed E-state index contributed by atoms with van der Waals surface area (Å²) >= 11 is 3.42. The summed E-state index contributed by atoms with van der Waals surface area (Å²) in [6, 6.07) is 3.98. The van der Waals surface area contributed by atoms with Gasteiger partial charge >= 0.3 is 0 Å². The van der Waals surface area contributed by atoms with E-state index < -0.39 is 0 Å². The molecule has 1 aromatic rings. The summed E-state index contributed by atoms with van der Waals surface area (Å²) in [5.41, 5.74) is 3.02. The van der Waals surface area contributed by atoms with Crippen molar-refractivity contribution in [1.82, 2.24) is 5.32 Å². The van der Waals surface area contributed by atoms with Crippen LogP contribution in [0.4, 0.5) is 5.69 Å². The summed E-state index contributed by atoms with van der Waals surface area (Å²) in [6.07, 6.45) is 0. The molecule has 0 fully saturated rings. The fraction of sp³-hybridized carbons (Fsp3) is 0.364. The molecule has 1 amide bonds. The third-order valence-electron chi connectivity index (χ3n) is 2.10. The number of halogens is 1. The number of amides is 1. The molecule has 0 heterocycles. The van der Waals surface area contributed by atoms with Crippen LogP contribution in [0.2, 0.25) is 0 Å². The smallest absolute Gasteiger partial charge is 0.238 e. The van der Waals surface area contributed by atoms with Gasteiger partial charge in [-0.25, -0.2) is 0 Å². The Balaban J connectivity index is 2.90. The predicted octanol–water partition coefficient (Wildman–Crippen LogP) is 2.22. The van der Waals surface area contributed by atoms with E-state index in [1.54, 1.807) is 7.05 Å². The van der Waals surface area contributed by atoms with Crippen molar-refractivity contribution in [3.63, 3.8) is 0 Å². The zero-order valence-electron chi connectivity index (χ0n) is 9.15. The molecule has 0 saturated carbocycles.